The lowest BCUT2D eigenvalue weighted by molar-refractivity contribution is -0.142. The molecule has 0 unspecified atom stereocenters. The second kappa shape index (κ2) is 8.44. The summed E-state index contributed by atoms with van der Waals surface area (Å²) in [6, 6.07) is 12.0. The minimum absolute atomic E-state index is 0.165. The van der Waals surface area contributed by atoms with Gasteiger partial charge < -0.3 is 16.4 Å². The molecule has 6 nitrogen and oxygen atoms in total. The van der Waals surface area contributed by atoms with Gasteiger partial charge in [0.25, 0.3) is 0 Å². The van der Waals surface area contributed by atoms with E-state index in [0.29, 0.717) is 21.8 Å². The second-order valence-corrected chi connectivity index (χ2v) is 6.60. The molecule has 10 heteroatoms. The fourth-order valence-corrected chi connectivity index (χ4v) is 2.79. The molecule has 2 aromatic carbocycles. The van der Waals surface area contributed by atoms with E-state index in [2.05, 4.69) is 15.7 Å². The van der Waals surface area contributed by atoms with Gasteiger partial charge >= 0.3 is 12.2 Å². The molecule has 1 aromatic heterocycles. The van der Waals surface area contributed by atoms with Crippen LogP contribution in [0.15, 0.2) is 54.7 Å². The first kappa shape index (κ1) is 20.5. The standard InChI is InChI=1S/C19H17ClF3N5O/c20-13-3-7-15(8-4-13)28-17(19(21,22)23)16(11-26-28)27-18(29)25-10-9-12-1-5-14(24)6-2-12/h1-8,11H,9-10,24H2,(H2,25,27,29). The van der Waals surface area contributed by atoms with Crippen molar-refractivity contribution < 1.29 is 18.0 Å². The Morgan fingerprint density at radius 2 is 1.76 bits per heavy atom. The van der Waals surface area contributed by atoms with Crippen LogP contribution in [0.5, 0.6) is 0 Å². The zero-order chi connectivity index (χ0) is 21.0. The van der Waals surface area contributed by atoms with Gasteiger partial charge in [-0.05, 0) is 48.4 Å². The normalized spacial score (nSPS) is 11.3. The highest BCUT2D eigenvalue weighted by molar-refractivity contribution is 6.30. The van der Waals surface area contributed by atoms with Crippen molar-refractivity contribution in [1.82, 2.24) is 15.1 Å². The molecule has 4 N–H and O–H groups in total. The predicted molar refractivity (Wildman–Crippen MR) is 105 cm³/mol. The summed E-state index contributed by atoms with van der Waals surface area (Å²) >= 11 is 5.78. The number of carbonyl (C=O) groups excluding carboxylic acids is 1. The van der Waals surface area contributed by atoms with Crippen LogP contribution in [-0.4, -0.2) is 22.4 Å². The van der Waals surface area contributed by atoms with Gasteiger partial charge in [-0.3, -0.25) is 0 Å². The molecule has 0 spiro atoms. The Labute approximate surface area is 169 Å². The van der Waals surface area contributed by atoms with Gasteiger partial charge in [-0.25, -0.2) is 9.48 Å². The lowest BCUT2D eigenvalue weighted by Gasteiger charge is -2.13. The molecule has 0 fully saturated rings. The summed E-state index contributed by atoms with van der Waals surface area (Å²) in [5, 5.41) is 8.89. The number of amides is 2. The zero-order valence-corrected chi connectivity index (χ0v) is 15.8. The number of nitrogens with two attached hydrogens (primary N) is 1. The molecule has 0 atom stereocenters. The van der Waals surface area contributed by atoms with E-state index in [1.54, 1.807) is 12.1 Å². The third-order valence-electron chi connectivity index (χ3n) is 4.04. The number of urea groups is 1. The topological polar surface area (TPSA) is 85.0 Å². The quantitative estimate of drug-likeness (QED) is 0.528. The third kappa shape index (κ3) is 5.20. The van der Waals surface area contributed by atoms with Crippen LogP contribution in [-0.2, 0) is 12.6 Å². The first-order valence-electron chi connectivity index (χ1n) is 8.54. The predicted octanol–water partition coefficient (Wildman–Crippen LogP) is 4.49. The molecule has 152 valence electrons. The minimum Gasteiger partial charge on any atom is -0.399 e. The summed E-state index contributed by atoms with van der Waals surface area (Å²) in [5.41, 5.74) is 5.79. The third-order valence-corrected chi connectivity index (χ3v) is 4.29. The van der Waals surface area contributed by atoms with Crippen LogP contribution >= 0.6 is 11.6 Å². The van der Waals surface area contributed by atoms with E-state index < -0.39 is 23.6 Å². The molecule has 3 rings (SSSR count). The number of hydrogen-bond acceptors (Lipinski definition) is 3. The van der Waals surface area contributed by atoms with Crippen molar-refractivity contribution >= 4 is 29.0 Å². The van der Waals surface area contributed by atoms with Crippen molar-refractivity contribution in [2.75, 3.05) is 17.6 Å². The molecule has 0 aliphatic carbocycles. The van der Waals surface area contributed by atoms with Crippen molar-refractivity contribution in [1.29, 1.82) is 0 Å². The van der Waals surface area contributed by atoms with Crippen LogP contribution in [0.2, 0.25) is 5.02 Å². The molecule has 0 bridgehead atoms. The van der Waals surface area contributed by atoms with Crippen LogP contribution in [0, 0.1) is 0 Å². The lowest BCUT2D eigenvalue weighted by Crippen LogP contribution is -2.31. The molecule has 0 aliphatic rings. The summed E-state index contributed by atoms with van der Waals surface area (Å²) < 4.78 is 41.5. The van der Waals surface area contributed by atoms with Crippen LogP contribution < -0.4 is 16.4 Å². The van der Waals surface area contributed by atoms with Crippen molar-refractivity contribution in [3.05, 3.63) is 71.0 Å². The van der Waals surface area contributed by atoms with Gasteiger partial charge in [0.2, 0.25) is 0 Å². The maximum atomic E-state index is 13.6. The molecule has 0 aliphatic heterocycles. The Bertz CT molecular complexity index is 985. The highest BCUT2D eigenvalue weighted by Crippen LogP contribution is 2.36. The number of nitrogens with zero attached hydrogens (tertiary/aromatic N) is 2. The Morgan fingerprint density at radius 1 is 1.10 bits per heavy atom. The maximum Gasteiger partial charge on any atom is 0.435 e. The second-order valence-electron chi connectivity index (χ2n) is 6.17. The van der Waals surface area contributed by atoms with Crippen molar-refractivity contribution in [3.8, 4) is 5.69 Å². The molecule has 0 saturated heterocycles. The van der Waals surface area contributed by atoms with Gasteiger partial charge in [-0.2, -0.15) is 18.3 Å². The highest BCUT2D eigenvalue weighted by atomic mass is 35.5. The van der Waals surface area contributed by atoms with Crippen molar-refractivity contribution in [3.63, 3.8) is 0 Å². The molecular formula is C19H17ClF3N5O. The van der Waals surface area contributed by atoms with Crippen molar-refractivity contribution in [2.24, 2.45) is 0 Å². The fraction of sp³-hybridized carbons (Fsp3) is 0.158. The number of aromatic nitrogens is 2. The molecule has 29 heavy (non-hydrogen) atoms. The first-order chi connectivity index (χ1) is 13.7. The maximum absolute atomic E-state index is 13.6. The lowest BCUT2D eigenvalue weighted by atomic mass is 10.1. The SMILES string of the molecule is Nc1ccc(CCNC(=O)Nc2cnn(-c3ccc(Cl)cc3)c2C(F)(F)F)cc1. The van der Waals surface area contributed by atoms with Gasteiger partial charge in [-0.15, -0.1) is 0 Å². The Hall–Kier alpha value is -3.20. The van der Waals surface area contributed by atoms with Gasteiger partial charge in [0.15, 0.2) is 5.69 Å². The Morgan fingerprint density at radius 3 is 2.38 bits per heavy atom. The summed E-state index contributed by atoms with van der Waals surface area (Å²) in [7, 11) is 0. The summed E-state index contributed by atoms with van der Waals surface area (Å²) in [6.45, 7) is 0.239. The van der Waals surface area contributed by atoms with Crippen LogP contribution in [0.3, 0.4) is 0 Å². The smallest absolute Gasteiger partial charge is 0.399 e. The largest absolute Gasteiger partial charge is 0.435 e. The number of benzene rings is 2. The number of halogens is 4. The number of nitrogen functional groups attached to an aromatic ring is 1. The van der Waals surface area contributed by atoms with E-state index in [1.807, 2.05) is 12.1 Å². The molecule has 3 aromatic rings. The average Bonchev–Trinajstić information content (AvgIpc) is 3.08. The monoisotopic (exact) mass is 423 g/mol. The number of hydrogen-bond donors (Lipinski definition) is 3. The molecule has 1 heterocycles. The molecule has 2 amide bonds. The van der Waals surface area contributed by atoms with Gasteiger partial charge in [0.1, 0.15) is 0 Å². The zero-order valence-electron chi connectivity index (χ0n) is 15.0. The number of rotatable bonds is 5. The Balaban J connectivity index is 1.70. The van der Waals surface area contributed by atoms with Gasteiger partial charge in [-0.1, -0.05) is 23.7 Å². The Kier molecular flexibility index (Phi) is 5.97. The molecule has 0 saturated carbocycles. The van der Waals surface area contributed by atoms with E-state index in [4.69, 9.17) is 17.3 Å². The first-order valence-corrected chi connectivity index (χ1v) is 8.92. The highest BCUT2D eigenvalue weighted by Gasteiger charge is 2.39. The van der Waals surface area contributed by atoms with Gasteiger partial charge in [0.05, 0.1) is 17.6 Å². The van der Waals surface area contributed by atoms with E-state index in [1.165, 1.54) is 24.3 Å². The van der Waals surface area contributed by atoms with E-state index >= 15 is 0 Å². The summed E-state index contributed by atoms with van der Waals surface area (Å²) in [6.07, 6.45) is -3.27. The van der Waals surface area contributed by atoms with Crippen LogP contribution in [0.25, 0.3) is 5.69 Å². The summed E-state index contributed by atoms with van der Waals surface area (Å²) in [4.78, 5) is 12.1. The number of anilines is 2. The summed E-state index contributed by atoms with van der Waals surface area (Å²) in [5.74, 6) is 0. The van der Waals surface area contributed by atoms with E-state index in [0.717, 1.165) is 11.8 Å². The van der Waals surface area contributed by atoms with Gasteiger partial charge in [0, 0.05) is 17.3 Å². The minimum atomic E-state index is -4.73. The molecular weight excluding hydrogens is 407 g/mol. The van der Waals surface area contributed by atoms with E-state index in [9.17, 15) is 18.0 Å². The van der Waals surface area contributed by atoms with E-state index in [-0.39, 0.29) is 12.2 Å². The van der Waals surface area contributed by atoms with Crippen molar-refractivity contribution in [2.45, 2.75) is 12.6 Å². The number of alkyl halides is 3. The van der Waals surface area contributed by atoms with Crippen LogP contribution in [0.4, 0.5) is 29.3 Å². The average molecular weight is 424 g/mol. The fourth-order valence-electron chi connectivity index (χ4n) is 2.66. The van der Waals surface area contributed by atoms with Crippen LogP contribution in [0.1, 0.15) is 11.3 Å². The molecule has 0 radical (unpaired) electrons. The number of nitrogens with one attached hydrogen (secondary N) is 2. The number of carbonyl (C=O) groups is 1.